The average molecular weight is 297 g/mol. The van der Waals surface area contributed by atoms with Crippen molar-refractivity contribution in [1.82, 2.24) is 5.32 Å². The average Bonchev–Trinajstić information content (AvgIpc) is 3.06. The number of rotatable bonds is 5. The van der Waals surface area contributed by atoms with E-state index in [2.05, 4.69) is 5.32 Å². The van der Waals surface area contributed by atoms with Crippen molar-refractivity contribution in [2.24, 2.45) is 17.8 Å². The topological polar surface area (TPSA) is 12.0 Å². The molecule has 0 heterocycles. The molecule has 2 saturated carbocycles. The van der Waals surface area contributed by atoms with E-state index in [0.717, 1.165) is 36.9 Å². The van der Waals surface area contributed by atoms with Gasteiger partial charge >= 0.3 is 0 Å². The lowest BCUT2D eigenvalue weighted by molar-refractivity contribution is 0.279. The van der Waals surface area contributed by atoms with Crippen LogP contribution < -0.4 is 5.32 Å². The van der Waals surface area contributed by atoms with E-state index in [1.54, 1.807) is 0 Å². The predicted octanol–water partition coefficient (Wildman–Crippen LogP) is 4.58. The van der Waals surface area contributed by atoms with Crippen LogP contribution in [0.15, 0.2) is 12.1 Å². The molecule has 4 unspecified atom stereocenters. The Kier molecular flexibility index (Phi) is 4.25. The summed E-state index contributed by atoms with van der Waals surface area (Å²) in [5.74, 6) is -1.32. The maximum Gasteiger partial charge on any atom is 0.194 e. The first-order valence-corrected chi connectivity index (χ1v) is 7.96. The largest absolute Gasteiger partial charge is 0.310 e. The van der Waals surface area contributed by atoms with Crippen LogP contribution in [0.5, 0.6) is 0 Å². The summed E-state index contributed by atoms with van der Waals surface area (Å²) in [6.07, 6.45) is 6.07. The van der Waals surface area contributed by atoms with Crippen molar-refractivity contribution in [1.29, 1.82) is 0 Å². The Balaban J connectivity index is 1.78. The quantitative estimate of drug-likeness (QED) is 0.784. The van der Waals surface area contributed by atoms with Crippen molar-refractivity contribution in [2.45, 2.75) is 45.1 Å². The van der Waals surface area contributed by atoms with Crippen molar-refractivity contribution in [2.75, 3.05) is 6.54 Å². The third-order valence-corrected chi connectivity index (χ3v) is 5.28. The molecule has 4 heteroatoms. The molecule has 0 radical (unpaired) electrons. The molecule has 0 aromatic heterocycles. The minimum atomic E-state index is -1.38. The van der Waals surface area contributed by atoms with Gasteiger partial charge in [0.15, 0.2) is 17.5 Å². The molecule has 0 saturated heterocycles. The highest BCUT2D eigenvalue weighted by Crippen LogP contribution is 2.51. The van der Waals surface area contributed by atoms with Gasteiger partial charge < -0.3 is 5.32 Å². The van der Waals surface area contributed by atoms with Crippen LogP contribution in [0.1, 0.15) is 50.6 Å². The third-order valence-electron chi connectivity index (χ3n) is 5.28. The third kappa shape index (κ3) is 2.96. The molecule has 0 amide bonds. The number of fused-ring (bicyclic) bond motifs is 2. The number of halogens is 3. The summed E-state index contributed by atoms with van der Waals surface area (Å²) >= 11 is 0. The fourth-order valence-electron chi connectivity index (χ4n) is 4.33. The Morgan fingerprint density at radius 2 is 1.86 bits per heavy atom. The van der Waals surface area contributed by atoms with E-state index >= 15 is 0 Å². The molecule has 1 N–H and O–H groups in total. The highest BCUT2D eigenvalue weighted by atomic mass is 19.2. The van der Waals surface area contributed by atoms with Gasteiger partial charge in [-0.05, 0) is 67.7 Å². The fourth-order valence-corrected chi connectivity index (χ4v) is 4.33. The molecule has 1 nitrogen and oxygen atoms in total. The van der Waals surface area contributed by atoms with Crippen molar-refractivity contribution in [3.8, 4) is 0 Å². The molecule has 2 bridgehead atoms. The minimum absolute atomic E-state index is 0.0936. The molecule has 2 aliphatic carbocycles. The Labute approximate surface area is 123 Å². The molecule has 116 valence electrons. The molecule has 2 fully saturated rings. The lowest BCUT2D eigenvalue weighted by Gasteiger charge is -2.27. The maximum absolute atomic E-state index is 13.5. The smallest absolute Gasteiger partial charge is 0.194 e. The summed E-state index contributed by atoms with van der Waals surface area (Å²) in [4.78, 5) is 0. The molecule has 1 aromatic rings. The van der Waals surface area contributed by atoms with Crippen molar-refractivity contribution >= 4 is 0 Å². The number of benzene rings is 1. The van der Waals surface area contributed by atoms with E-state index in [1.165, 1.54) is 25.7 Å². The van der Waals surface area contributed by atoms with E-state index < -0.39 is 17.5 Å². The molecular weight excluding hydrogens is 275 g/mol. The second-order valence-electron chi connectivity index (χ2n) is 6.58. The van der Waals surface area contributed by atoms with E-state index in [4.69, 9.17) is 0 Å². The lowest BCUT2D eigenvalue weighted by Crippen LogP contribution is -2.25. The minimum Gasteiger partial charge on any atom is -0.310 e. The van der Waals surface area contributed by atoms with Crippen LogP contribution in [-0.4, -0.2) is 6.54 Å². The Bertz CT molecular complexity index is 494. The first kappa shape index (κ1) is 14.9. The summed E-state index contributed by atoms with van der Waals surface area (Å²) in [5, 5.41) is 3.30. The van der Waals surface area contributed by atoms with E-state index in [0.29, 0.717) is 11.5 Å². The monoisotopic (exact) mass is 297 g/mol. The van der Waals surface area contributed by atoms with Gasteiger partial charge in [-0.25, -0.2) is 13.2 Å². The summed E-state index contributed by atoms with van der Waals surface area (Å²) < 4.78 is 40.0. The zero-order valence-electron chi connectivity index (χ0n) is 12.3. The van der Waals surface area contributed by atoms with Gasteiger partial charge in [0.05, 0.1) is 0 Å². The van der Waals surface area contributed by atoms with Crippen LogP contribution in [0, 0.1) is 35.2 Å². The fraction of sp³-hybridized carbons (Fsp3) is 0.647. The summed E-state index contributed by atoms with van der Waals surface area (Å²) in [5.41, 5.74) is 0.524. The van der Waals surface area contributed by atoms with Gasteiger partial charge in [-0.3, -0.25) is 0 Å². The van der Waals surface area contributed by atoms with E-state index in [9.17, 15) is 13.2 Å². The summed E-state index contributed by atoms with van der Waals surface area (Å²) in [6, 6.07) is 2.18. The van der Waals surface area contributed by atoms with Gasteiger partial charge in [-0.2, -0.15) is 0 Å². The molecule has 1 aromatic carbocycles. The van der Waals surface area contributed by atoms with Gasteiger partial charge in [-0.1, -0.05) is 13.3 Å². The van der Waals surface area contributed by atoms with E-state index in [1.807, 2.05) is 6.92 Å². The Morgan fingerprint density at radius 1 is 1.14 bits per heavy atom. The highest BCUT2D eigenvalue weighted by molar-refractivity contribution is 5.23. The molecular formula is C17H22F3N. The van der Waals surface area contributed by atoms with Gasteiger partial charge in [0.25, 0.3) is 0 Å². The molecule has 0 spiro atoms. The molecule has 2 aliphatic rings. The lowest BCUT2D eigenvalue weighted by atomic mass is 9.82. The number of nitrogens with one attached hydrogen (secondary N) is 1. The summed E-state index contributed by atoms with van der Waals surface area (Å²) in [6.45, 7) is 2.70. The van der Waals surface area contributed by atoms with Gasteiger partial charge in [0.1, 0.15) is 0 Å². The second-order valence-corrected chi connectivity index (χ2v) is 6.58. The SMILES string of the molecule is CCNC(CC1CC2CCC1C2)c1cc(F)c(F)c(F)c1. The standard InChI is InChI=1S/C17H22F3N/c1-2-21-16(9-12-6-10-3-4-11(12)5-10)13-7-14(18)17(20)15(19)8-13/h7-8,10-12,16,21H,2-6,9H2,1H3. The Hall–Kier alpha value is -1.03. The zero-order chi connectivity index (χ0) is 15.0. The second kappa shape index (κ2) is 5.99. The number of hydrogen-bond acceptors (Lipinski definition) is 1. The first-order chi connectivity index (χ1) is 10.1. The van der Waals surface area contributed by atoms with Gasteiger partial charge in [0, 0.05) is 6.04 Å². The molecule has 3 rings (SSSR count). The van der Waals surface area contributed by atoms with Gasteiger partial charge in [0.2, 0.25) is 0 Å². The molecule has 0 aliphatic heterocycles. The summed E-state index contributed by atoms with van der Waals surface area (Å²) in [7, 11) is 0. The molecule has 4 atom stereocenters. The normalized spacial score (nSPS) is 29.0. The van der Waals surface area contributed by atoms with E-state index in [-0.39, 0.29) is 6.04 Å². The Morgan fingerprint density at radius 3 is 2.38 bits per heavy atom. The van der Waals surface area contributed by atoms with Crippen molar-refractivity contribution in [3.05, 3.63) is 35.1 Å². The zero-order valence-corrected chi connectivity index (χ0v) is 12.3. The van der Waals surface area contributed by atoms with Crippen LogP contribution >= 0.6 is 0 Å². The van der Waals surface area contributed by atoms with Crippen LogP contribution in [0.3, 0.4) is 0 Å². The van der Waals surface area contributed by atoms with Crippen LogP contribution in [0.2, 0.25) is 0 Å². The number of hydrogen-bond donors (Lipinski definition) is 1. The molecule has 21 heavy (non-hydrogen) atoms. The predicted molar refractivity (Wildman–Crippen MR) is 76.3 cm³/mol. The van der Waals surface area contributed by atoms with Crippen molar-refractivity contribution < 1.29 is 13.2 Å². The van der Waals surface area contributed by atoms with Gasteiger partial charge in [-0.15, -0.1) is 0 Å². The first-order valence-electron chi connectivity index (χ1n) is 7.96. The van der Waals surface area contributed by atoms with Crippen molar-refractivity contribution in [3.63, 3.8) is 0 Å². The highest BCUT2D eigenvalue weighted by Gasteiger charge is 2.40. The maximum atomic E-state index is 13.5. The van der Waals surface area contributed by atoms with Crippen LogP contribution in [-0.2, 0) is 0 Å². The van der Waals surface area contributed by atoms with Crippen LogP contribution in [0.4, 0.5) is 13.2 Å². The van der Waals surface area contributed by atoms with Crippen LogP contribution in [0.25, 0.3) is 0 Å².